The first-order valence-electron chi connectivity index (χ1n) is 7.09. The minimum absolute atomic E-state index is 0.0667. The Balaban J connectivity index is 2.06. The fraction of sp³-hybridized carbons (Fsp3) is 0.400. The van der Waals surface area contributed by atoms with Crippen LogP contribution in [0.5, 0.6) is 0 Å². The van der Waals surface area contributed by atoms with Gasteiger partial charge in [0, 0.05) is 18.7 Å². The molecule has 1 aromatic rings. The zero-order valence-corrected chi connectivity index (χ0v) is 13.5. The van der Waals surface area contributed by atoms with Gasteiger partial charge in [-0.1, -0.05) is 6.07 Å². The molecule has 0 aromatic heterocycles. The molecular weight excluding hydrogens is 318 g/mol. The number of sulfone groups is 1. The summed E-state index contributed by atoms with van der Waals surface area (Å²) in [5, 5.41) is 11.6. The van der Waals surface area contributed by atoms with Crippen molar-refractivity contribution < 1.29 is 18.0 Å². The highest BCUT2D eigenvalue weighted by Crippen LogP contribution is 2.16. The van der Waals surface area contributed by atoms with Crippen LogP contribution in [0.3, 0.4) is 0 Å². The Morgan fingerprint density at radius 3 is 2.74 bits per heavy atom. The number of nitriles is 1. The molecule has 1 unspecified atom stereocenters. The van der Waals surface area contributed by atoms with Crippen LogP contribution in [-0.2, 0) is 19.4 Å². The summed E-state index contributed by atoms with van der Waals surface area (Å²) in [6, 6.07) is 7.96. The lowest BCUT2D eigenvalue weighted by Crippen LogP contribution is -2.44. The maximum absolute atomic E-state index is 12.1. The average molecular weight is 335 g/mol. The van der Waals surface area contributed by atoms with Gasteiger partial charge in [0.15, 0.2) is 9.84 Å². The van der Waals surface area contributed by atoms with Crippen molar-refractivity contribution in [2.24, 2.45) is 0 Å². The number of nitrogens with one attached hydrogen (secondary N) is 1. The van der Waals surface area contributed by atoms with Gasteiger partial charge in [0.05, 0.1) is 23.1 Å². The zero-order valence-electron chi connectivity index (χ0n) is 12.7. The van der Waals surface area contributed by atoms with Crippen LogP contribution in [0.2, 0.25) is 0 Å². The summed E-state index contributed by atoms with van der Waals surface area (Å²) in [5.41, 5.74) is 0.835. The van der Waals surface area contributed by atoms with E-state index in [1.165, 1.54) is 17.9 Å². The quantitative estimate of drug-likeness (QED) is 0.846. The van der Waals surface area contributed by atoms with Gasteiger partial charge in [-0.05, 0) is 24.6 Å². The van der Waals surface area contributed by atoms with E-state index in [0.717, 1.165) is 0 Å². The summed E-state index contributed by atoms with van der Waals surface area (Å²) in [6.07, 6.45) is 0.387. The largest absolute Gasteiger partial charge is 0.351 e. The molecule has 0 spiro atoms. The van der Waals surface area contributed by atoms with E-state index in [1.54, 1.807) is 18.2 Å². The molecule has 1 heterocycles. The fourth-order valence-corrected chi connectivity index (χ4v) is 4.13. The van der Waals surface area contributed by atoms with E-state index >= 15 is 0 Å². The van der Waals surface area contributed by atoms with Crippen molar-refractivity contribution in [3.8, 4) is 6.07 Å². The van der Waals surface area contributed by atoms with Crippen LogP contribution in [-0.4, -0.2) is 44.3 Å². The number of rotatable bonds is 4. The van der Waals surface area contributed by atoms with Gasteiger partial charge in [-0.3, -0.25) is 9.59 Å². The molecule has 0 aliphatic carbocycles. The number of anilines is 1. The number of benzene rings is 1. The number of carbonyl (C=O) groups excluding carboxylic acids is 2. The van der Waals surface area contributed by atoms with E-state index in [9.17, 15) is 18.0 Å². The molecule has 1 aromatic carbocycles. The van der Waals surface area contributed by atoms with Crippen molar-refractivity contribution in [2.45, 2.75) is 19.4 Å². The second-order valence-electron chi connectivity index (χ2n) is 5.43. The van der Waals surface area contributed by atoms with Crippen molar-refractivity contribution in [2.75, 3.05) is 23.0 Å². The monoisotopic (exact) mass is 335 g/mol. The molecule has 7 nitrogen and oxygen atoms in total. The average Bonchev–Trinajstić information content (AvgIpc) is 2.83. The summed E-state index contributed by atoms with van der Waals surface area (Å²) in [4.78, 5) is 25.1. The zero-order chi connectivity index (χ0) is 17.0. The van der Waals surface area contributed by atoms with E-state index in [4.69, 9.17) is 5.26 Å². The minimum atomic E-state index is -3.08. The molecule has 8 heteroatoms. The Labute approximate surface area is 134 Å². The molecule has 1 aliphatic rings. The Morgan fingerprint density at radius 1 is 1.43 bits per heavy atom. The normalized spacial score (nSPS) is 18.9. The van der Waals surface area contributed by atoms with Gasteiger partial charge >= 0.3 is 0 Å². The molecule has 0 bridgehead atoms. The van der Waals surface area contributed by atoms with Crippen LogP contribution < -0.4 is 10.2 Å². The summed E-state index contributed by atoms with van der Waals surface area (Å²) in [5.74, 6) is -0.764. The minimum Gasteiger partial charge on any atom is -0.351 e. The molecule has 1 fully saturated rings. The van der Waals surface area contributed by atoms with Gasteiger partial charge in [0.1, 0.15) is 6.54 Å². The molecule has 122 valence electrons. The van der Waals surface area contributed by atoms with Gasteiger partial charge in [0.2, 0.25) is 11.8 Å². The molecular formula is C15H17N3O4S. The third kappa shape index (κ3) is 4.53. The Morgan fingerprint density at radius 2 is 2.17 bits per heavy atom. The predicted octanol–water partition coefficient (Wildman–Crippen LogP) is 0.214. The molecule has 1 saturated heterocycles. The summed E-state index contributed by atoms with van der Waals surface area (Å²) in [7, 11) is -3.08. The highest BCUT2D eigenvalue weighted by molar-refractivity contribution is 7.91. The lowest BCUT2D eigenvalue weighted by Gasteiger charge is -2.22. The molecule has 0 saturated carbocycles. The highest BCUT2D eigenvalue weighted by atomic mass is 32.2. The van der Waals surface area contributed by atoms with E-state index in [1.807, 2.05) is 6.07 Å². The van der Waals surface area contributed by atoms with Crippen LogP contribution in [0.15, 0.2) is 24.3 Å². The van der Waals surface area contributed by atoms with Crippen LogP contribution in [0, 0.1) is 11.3 Å². The topological polar surface area (TPSA) is 107 Å². The molecule has 1 atom stereocenters. The van der Waals surface area contributed by atoms with E-state index in [-0.39, 0.29) is 24.0 Å². The van der Waals surface area contributed by atoms with Gasteiger partial charge in [-0.2, -0.15) is 5.26 Å². The Hall–Kier alpha value is -2.40. The molecule has 2 rings (SSSR count). The maximum Gasteiger partial charge on any atom is 0.240 e. The highest BCUT2D eigenvalue weighted by Gasteiger charge is 2.29. The molecule has 1 aliphatic heterocycles. The Kier molecular flexibility index (Phi) is 5.01. The molecule has 0 radical (unpaired) electrons. The molecule has 1 N–H and O–H groups in total. The number of amides is 2. The third-order valence-electron chi connectivity index (χ3n) is 3.57. The van der Waals surface area contributed by atoms with Gasteiger partial charge < -0.3 is 10.2 Å². The van der Waals surface area contributed by atoms with Gasteiger partial charge in [-0.15, -0.1) is 0 Å². The van der Waals surface area contributed by atoms with Crippen LogP contribution in [0.25, 0.3) is 0 Å². The van der Waals surface area contributed by atoms with Crippen molar-refractivity contribution in [3.05, 3.63) is 29.8 Å². The third-order valence-corrected chi connectivity index (χ3v) is 5.33. The second-order valence-corrected chi connectivity index (χ2v) is 7.66. The maximum atomic E-state index is 12.1. The first-order valence-corrected chi connectivity index (χ1v) is 8.91. The second kappa shape index (κ2) is 6.79. The van der Waals surface area contributed by atoms with Gasteiger partial charge in [-0.25, -0.2) is 8.42 Å². The number of hydrogen-bond donors (Lipinski definition) is 1. The summed E-state index contributed by atoms with van der Waals surface area (Å²) < 4.78 is 22.8. The van der Waals surface area contributed by atoms with Crippen LogP contribution in [0.1, 0.15) is 18.9 Å². The predicted molar refractivity (Wildman–Crippen MR) is 84.4 cm³/mol. The summed E-state index contributed by atoms with van der Waals surface area (Å²) >= 11 is 0. The van der Waals surface area contributed by atoms with Gasteiger partial charge in [0.25, 0.3) is 0 Å². The van der Waals surface area contributed by atoms with Crippen LogP contribution in [0.4, 0.5) is 5.69 Å². The van der Waals surface area contributed by atoms with Crippen molar-refractivity contribution in [1.29, 1.82) is 5.26 Å². The van der Waals surface area contributed by atoms with E-state index in [0.29, 0.717) is 17.7 Å². The molecule has 2 amide bonds. The van der Waals surface area contributed by atoms with Crippen LogP contribution >= 0.6 is 0 Å². The summed E-state index contributed by atoms with van der Waals surface area (Å²) in [6.45, 7) is 1.10. The van der Waals surface area contributed by atoms with Crippen molar-refractivity contribution >= 4 is 27.3 Å². The number of carbonyl (C=O) groups is 2. The van der Waals surface area contributed by atoms with Crippen molar-refractivity contribution in [1.82, 2.24) is 5.32 Å². The SMILES string of the molecule is CC(=O)N(CC(=O)NC1CCS(=O)(=O)C1)c1cccc(C#N)c1. The fourth-order valence-electron chi connectivity index (χ4n) is 2.45. The standard InChI is InChI=1S/C15H17N3O4S/c1-11(19)18(14-4-2-3-12(7-14)8-16)9-15(20)17-13-5-6-23(21,22)10-13/h2-4,7,13H,5-6,9-10H2,1H3,(H,17,20). The van der Waals surface area contributed by atoms with Crippen molar-refractivity contribution in [3.63, 3.8) is 0 Å². The lowest BCUT2D eigenvalue weighted by molar-refractivity contribution is -0.123. The Bertz CT molecular complexity index is 767. The van der Waals surface area contributed by atoms with E-state index in [2.05, 4.69) is 5.32 Å². The number of hydrogen-bond acceptors (Lipinski definition) is 5. The first kappa shape index (κ1) is 17.0. The lowest BCUT2D eigenvalue weighted by atomic mass is 10.2. The number of nitrogens with zero attached hydrogens (tertiary/aromatic N) is 2. The smallest absolute Gasteiger partial charge is 0.240 e. The molecule has 23 heavy (non-hydrogen) atoms. The van der Waals surface area contributed by atoms with E-state index < -0.39 is 21.8 Å². The first-order chi connectivity index (χ1) is 10.8.